The number of para-hydroxylation sites is 2. The van der Waals surface area contributed by atoms with E-state index in [1.165, 1.54) is 4.90 Å². The van der Waals surface area contributed by atoms with Crippen LogP contribution in [0.2, 0.25) is 0 Å². The first-order valence-electron chi connectivity index (χ1n) is 11.6. The quantitative estimate of drug-likeness (QED) is 0.586. The maximum absolute atomic E-state index is 13.7. The second kappa shape index (κ2) is 8.36. The third-order valence-electron chi connectivity index (χ3n) is 7.08. The van der Waals surface area contributed by atoms with Gasteiger partial charge in [-0.15, -0.1) is 0 Å². The van der Waals surface area contributed by atoms with Crippen LogP contribution in [0.4, 0.5) is 0 Å². The Morgan fingerprint density at radius 3 is 2.71 bits per heavy atom. The minimum absolute atomic E-state index is 0.0479. The zero-order valence-corrected chi connectivity index (χ0v) is 19.6. The van der Waals surface area contributed by atoms with Crippen molar-refractivity contribution in [2.24, 2.45) is 0 Å². The van der Waals surface area contributed by atoms with Gasteiger partial charge >= 0.3 is 0 Å². The molecule has 3 aromatic rings. The highest BCUT2D eigenvalue weighted by molar-refractivity contribution is 6.01. The lowest BCUT2D eigenvalue weighted by Crippen LogP contribution is -2.67. The molecule has 0 unspecified atom stereocenters. The van der Waals surface area contributed by atoms with Gasteiger partial charge in [-0.1, -0.05) is 30.3 Å². The van der Waals surface area contributed by atoms with Crippen LogP contribution < -0.4 is 9.47 Å². The highest BCUT2D eigenvalue weighted by atomic mass is 16.5. The number of amides is 2. The fourth-order valence-corrected chi connectivity index (χ4v) is 5.52. The lowest BCUT2D eigenvalue weighted by molar-refractivity contribution is -0.166. The molecule has 1 fully saturated rings. The third kappa shape index (κ3) is 3.09. The molecule has 0 aliphatic carbocycles. The maximum atomic E-state index is 13.7. The summed E-state index contributed by atoms with van der Waals surface area (Å²) in [5, 5.41) is 10.5. The molecular weight excluding hydrogens is 434 g/mol. The molecule has 0 saturated carbocycles. The number of carbonyl (C=O) groups excluding carboxylic acids is 2. The molecule has 178 valence electrons. The van der Waals surface area contributed by atoms with E-state index in [9.17, 15) is 14.7 Å². The number of benzene rings is 2. The molecule has 34 heavy (non-hydrogen) atoms. The second-order valence-corrected chi connectivity index (χ2v) is 8.85. The Morgan fingerprint density at radius 2 is 1.97 bits per heavy atom. The molecule has 2 N–H and O–H groups in total. The maximum Gasteiger partial charge on any atom is 0.255 e. The number of hydrogen-bond donors (Lipinski definition) is 2. The highest BCUT2D eigenvalue weighted by Gasteiger charge is 2.56. The van der Waals surface area contributed by atoms with E-state index in [1.54, 1.807) is 18.9 Å². The molecule has 8 nitrogen and oxygen atoms in total. The summed E-state index contributed by atoms with van der Waals surface area (Å²) in [6.07, 6.45) is 0. The van der Waals surface area contributed by atoms with E-state index in [4.69, 9.17) is 9.47 Å². The van der Waals surface area contributed by atoms with E-state index in [0.717, 1.165) is 22.0 Å². The summed E-state index contributed by atoms with van der Waals surface area (Å²) in [7, 11) is 1.61. The normalized spacial score (nSPS) is 22.1. The summed E-state index contributed by atoms with van der Waals surface area (Å²) in [6, 6.07) is 13.7. The van der Waals surface area contributed by atoms with E-state index in [1.807, 2.05) is 49.4 Å². The first-order chi connectivity index (χ1) is 16.4. The van der Waals surface area contributed by atoms with Crippen LogP contribution in [-0.2, 0) is 15.1 Å². The predicted molar refractivity (Wildman–Crippen MR) is 127 cm³/mol. The van der Waals surface area contributed by atoms with Gasteiger partial charge in [0.2, 0.25) is 5.91 Å². The molecule has 2 aliphatic rings. The Balaban J connectivity index is 1.78. The van der Waals surface area contributed by atoms with Gasteiger partial charge in [0.15, 0.2) is 17.0 Å². The van der Waals surface area contributed by atoms with Crippen molar-refractivity contribution in [1.82, 2.24) is 14.8 Å². The number of β-amino-alcohol motifs (C(OH)–C–C–N with tert-alkyl or cyclic N) is 1. The van der Waals surface area contributed by atoms with Crippen molar-refractivity contribution in [3.05, 3.63) is 59.3 Å². The first-order valence-corrected chi connectivity index (χ1v) is 11.6. The van der Waals surface area contributed by atoms with Gasteiger partial charge in [-0.2, -0.15) is 0 Å². The number of hydrogen-bond acceptors (Lipinski definition) is 5. The molecule has 2 aromatic carbocycles. The number of aliphatic hydroxyl groups is 1. The van der Waals surface area contributed by atoms with Gasteiger partial charge in [-0.05, 0) is 31.5 Å². The lowest BCUT2D eigenvalue weighted by atomic mass is 9.76. The Hall–Kier alpha value is -3.52. The summed E-state index contributed by atoms with van der Waals surface area (Å²) in [6.45, 7) is 4.40. The predicted octanol–water partition coefficient (Wildman–Crippen LogP) is 2.60. The number of aromatic nitrogens is 1. The van der Waals surface area contributed by atoms with Crippen LogP contribution in [0.5, 0.6) is 11.5 Å². The molecule has 0 spiro atoms. The number of aromatic amines is 1. The summed E-state index contributed by atoms with van der Waals surface area (Å²) in [4.78, 5) is 33.7. The monoisotopic (exact) mass is 463 g/mol. The molecule has 2 atom stereocenters. The largest absolute Gasteiger partial charge is 0.493 e. The summed E-state index contributed by atoms with van der Waals surface area (Å²) in [5.74, 6) is 0.713. The van der Waals surface area contributed by atoms with Crippen LogP contribution in [0.1, 0.15) is 36.6 Å². The number of aliphatic hydroxyl groups excluding tert-OH is 1. The molecule has 1 aromatic heterocycles. The number of rotatable bonds is 6. The molecule has 1 saturated heterocycles. The van der Waals surface area contributed by atoms with Crippen molar-refractivity contribution in [2.75, 3.05) is 40.0 Å². The Morgan fingerprint density at radius 1 is 1.18 bits per heavy atom. The number of H-pyrrole nitrogens is 1. The summed E-state index contributed by atoms with van der Waals surface area (Å²) < 4.78 is 11.6. The van der Waals surface area contributed by atoms with E-state index in [-0.39, 0.29) is 37.4 Å². The molecule has 3 heterocycles. The number of carbonyl (C=O) groups is 2. The van der Waals surface area contributed by atoms with Crippen molar-refractivity contribution in [3.63, 3.8) is 0 Å². The van der Waals surface area contributed by atoms with Gasteiger partial charge in [-0.3, -0.25) is 9.59 Å². The molecular formula is C26H29N3O5. The Labute approximate surface area is 198 Å². The summed E-state index contributed by atoms with van der Waals surface area (Å²) >= 11 is 0. The number of ether oxygens (including phenoxy) is 2. The zero-order valence-electron chi connectivity index (χ0n) is 19.6. The Bertz CT molecular complexity index is 1270. The fraction of sp³-hybridized carbons (Fsp3) is 0.385. The second-order valence-electron chi connectivity index (χ2n) is 8.85. The van der Waals surface area contributed by atoms with Gasteiger partial charge in [0.25, 0.3) is 5.91 Å². The van der Waals surface area contributed by atoms with Gasteiger partial charge in [-0.25, -0.2) is 0 Å². The SMILES string of the molecule is CCOc1c(OC)cccc1[C@H]1CN2C(=O)CN(CCO)C(=O)[C@]2(C)c2[nH]c3ccccc3c21. The van der Waals surface area contributed by atoms with Crippen LogP contribution in [-0.4, -0.2) is 71.7 Å². The molecule has 2 aliphatic heterocycles. The van der Waals surface area contributed by atoms with Gasteiger partial charge in [0.1, 0.15) is 0 Å². The average molecular weight is 464 g/mol. The van der Waals surface area contributed by atoms with E-state index >= 15 is 0 Å². The first kappa shape index (κ1) is 22.3. The van der Waals surface area contributed by atoms with E-state index < -0.39 is 5.54 Å². The number of methoxy groups -OCH3 is 1. The van der Waals surface area contributed by atoms with E-state index in [2.05, 4.69) is 4.98 Å². The van der Waals surface area contributed by atoms with Crippen LogP contribution in [0.15, 0.2) is 42.5 Å². The number of fused-ring (bicyclic) bond motifs is 5. The topological polar surface area (TPSA) is 95.1 Å². The van der Waals surface area contributed by atoms with Gasteiger partial charge in [0, 0.05) is 35.5 Å². The lowest BCUT2D eigenvalue weighted by Gasteiger charge is -2.51. The molecule has 8 heteroatoms. The molecule has 0 bridgehead atoms. The van der Waals surface area contributed by atoms with Crippen LogP contribution in [0, 0.1) is 0 Å². The highest BCUT2D eigenvalue weighted by Crippen LogP contribution is 2.50. The zero-order chi connectivity index (χ0) is 24.0. The van der Waals surface area contributed by atoms with E-state index in [0.29, 0.717) is 30.3 Å². The van der Waals surface area contributed by atoms with Crippen molar-refractivity contribution >= 4 is 22.7 Å². The molecule has 5 rings (SSSR count). The minimum atomic E-state index is -1.19. The van der Waals surface area contributed by atoms with Crippen molar-refractivity contribution in [1.29, 1.82) is 0 Å². The third-order valence-corrected chi connectivity index (χ3v) is 7.08. The number of nitrogens with zero attached hydrogens (tertiary/aromatic N) is 2. The smallest absolute Gasteiger partial charge is 0.255 e. The average Bonchev–Trinajstić information content (AvgIpc) is 3.24. The van der Waals surface area contributed by atoms with Crippen molar-refractivity contribution in [3.8, 4) is 11.5 Å². The number of nitrogens with one attached hydrogen (secondary N) is 1. The van der Waals surface area contributed by atoms with Crippen molar-refractivity contribution in [2.45, 2.75) is 25.3 Å². The van der Waals surface area contributed by atoms with Crippen LogP contribution in [0.25, 0.3) is 10.9 Å². The summed E-state index contributed by atoms with van der Waals surface area (Å²) in [5.41, 5.74) is 2.31. The molecule has 2 amide bonds. The fourth-order valence-electron chi connectivity index (χ4n) is 5.52. The van der Waals surface area contributed by atoms with Gasteiger partial charge < -0.3 is 29.4 Å². The standard InChI is InChI=1S/C26H29N3O5/c1-4-34-23-16(9-7-11-20(23)33-3)18-14-29-21(31)15-28(12-13-30)25(32)26(29,2)24-22(18)17-8-5-6-10-19(17)27-24/h5-11,18,27,30H,4,12-15H2,1-3H3/t18-,26+/m1/s1. The van der Waals surface area contributed by atoms with Crippen LogP contribution >= 0.6 is 0 Å². The van der Waals surface area contributed by atoms with Crippen LogP contribution in [0.3, 0.4) is 0 Å². The van der Waals surface area contributed by atoms with Crippen molar-refractivity contribution < 1.29 is 24.2 Å². The van der Waals surface area contributed by atoms with Gasteiger partial charge in [0.05, 0.1) is 32.6 Å². The Kier molecular flexibility index (Phi) is 5.48. The molecule has 0 radical (unpaired) electrons. The number of piperazine rings is 1. The minimum Gasteiger partial charge on any atom is -0.493 e.